The summed E-state index contributed by atoms with van der Waals surface area (Å²) in [6.45, 7) is 4.98. The SMILES string of the molecule is CCCC1CCC(NC)C(CN(C)CC2CCC2)C1. The van der Waals surface area contributed by atoms with Gasteiger partial charge in [0.25, 0.3) is 0 Å². The van der Waals surface area contributed by atoms with Crippen LogP contribution < -0.4 is 5.32 Å². The summed E-state index contributed by atoms with van der Waals surface area (Å²) >= 11 is 0. The minimum atomic E-state index is 0.761. The van der Waals surface area contributed by atoms with Gasteiger partial charge in [0.15, 0.2) is 0 Å². The molecule has 2 rings (SSSR count). The molecule has 2 nitrogen and oxygen atoms in total. The molecule has 19 heavy (non-hydrogen) atoms. The monoisotopic (exact) mass is 266 g/mol. The lowest BCUT2D eigenvalue weighted by molar-refractivity contribution is 0.129. The van der Waals surface area contributed by atoms with Gasteiger partial charge in [0.1, 0.15) is 0 Å². The normalized spacial score (nSPS) is 32.5. The van der Waals surface area contributed by atoms with Crippen LogP contribution >= 0.6 is 0 Å². The Hall–Kier alpha value is -0.0800. The lowest BCUT2D eigenvalue weighted by atomic mass is 9.76. The van der Waals surface area contributed by atoms with Gasteiger partial charge in [0.05, 0.1) is 0 Å². The fourth-order valence-electron chi connectivity index (χ4n) is 4.20. The Morgan fingerprint density at radius 2 is 1.84 bits per heavy atom. The van der Waals surface area contributed by atoms with Gasteiger partial charge in [-0.1, -0.05) is 26.2 Å². The van der Waals surface area contributed by atoms with E-state index in [0.29, 0.717) is 0 Å². The van der Waals surface area contributed by atoms with Crippen LogP contribution in [0, 0.1) is 17.8 Å². The number of nitrogens with zero attached hydrogens (tertiary/aromatic N) is 1. The first-order chi connectivity index (χ1) is 9.22. The van der Waals surface area contributed by atoms with E-state index in [4.69, 9.17) is 0 Å². The largest absolute Gasteiger partial charge is 0.317 e. The molecule has 0 amide bonds. The van der Waals surface area contributed by atoms with Gasteiger partial charge in [-0.25, -0.2) is 0 Å². The molecule has 2 aliphatic carbocycles. The van der Waals surface area contributed by atoms with Crippen molar-refractivity contribution >= 4 is 0 Å². The smallest absolute Gasteiger partial charge is 0.0105 e. The van der Waals surface area contributed by atoms with Gasteiger partial charge >= 0.3 is 0 Å². The second-order valence-electron chi connectivity index (χ2n) is 7.14. The van der Waals surface area contributed by atoms with Crippen LogP contribution in [-0.4, -0.2) is 38.1 Å². The highest BCUT2D eigenvalue weighted by molar-refractivity contribution is 4.86. The highest BCUT2D eigenvalue weighted by atomic mass is 15.1. The highest BCUT2D eigenvalue weighted by Crippen LogP contribution is 2.33. The average molecular weight is 266 g/mol. The molecule has 0 saturated heterocycles. The topological polar surface area (TPSA) is 15.3 Å². The molecule has 2 heteroatoms. The molecule has 112 valence electrons. The Morgan fingerprint density at radius 3 is 2.42 bits per heavy atom. The van der Waals surface area contributed by atoms with E-state index >= 15 is 0 Å². The number of nitrogens with one attached hydrogen (secondary N) is 1. The fourth-order valence-corrected chi connectivity index (χ4v) is 4.20. The standard InChI is InChI=1S/C17H34N2/c1-4-6-14-9-10-17(18-2)16(11-14)13-19(3)12-15-7-5-8-15/h14-18H,4-13H2,1-3H3. The summed E-state index contributed by atoms with van der Waals surface area (Å²) in [5.41, 5.74) is 0. The maximum absolute atomic E-state index is 3.58. The Labute approximate surface area is 120 Å². The Balaban J connectivity index is 1.79. The van der Waals surface area contributed by atoms with Crippen molar-refractivity contribution in [1.82, 2.24) is 10.2 Å². The van der Waals surface area contributed by atoms with Crippen molar-refractivity contribution in [2.45, 2.75) is 64.3 Å². The molecule has 2 aliphatic rings. The van der Waals surface area contributed by atoms with Crippen molar-refractivity contribution in [2.75, 3.05) is 27.2 Å². The second-order valence-corrected chi connectivity index (χ2v) is 7.14. The minimum Gasteiger partial charge on any atom is -0.317 e. The van der Waals surface area contributed by atoms with E-state index in [2.05, 4.69) is 31.2 Å². The molecule has 0 aromatic heterocycles. The third-order valence-corrected chi connectivity index (χ3v) is 5.50. The summed E-state index contributed by atoms with van der Waals surface area (Å²) in [6.07, 6.45) is 11.5. The van der Waals surface area contributed by atoms with Gasteiger partial charge in [-0.2, -0.15) is 0 Å². The highest BCUT2D eigenvalue weighted by Gasteiger charge is 2.30. The maximum atomic E-state index is 3.58. The Bertz CT molecular complexity index is 250. The van der Waals surface area contributed by atoms with E-state index < -0.39 is 0 Å². The first kappa shape index (κ1) is 15.3. The van der Waals surface area contributed by atoms with E-state index in [1.807, 2.05) is 0 Å². The zero-order chi connectivity index (χ0) is 13.7. The van der Waals surface area contributed by atoms with Crippen LogP contribution in [0.15, 0.2) is 0 Å². The number of hydrogen-bond acceptors (Lipinski definition) is 2. The summed E-state index contributed by atoms with van der Waals surface area (Å²) in [4.78, 5) is 2.62. The van der Waals surface area contributed by atoms with Gasteiger partial charge in [0.2, 0.25) is 0 Å². The molecule has 2 fully saturated rings. The molecule has 0 aromatic carbocycles. The molecule has 0 radical (unpaired) electrons. The predicted molar refractivity (Wildman–Crippen MR) is 83.4 cm³/mol. The zero-order valence-electron chi connectivity index (χ0n) is 13.3. The molecular formula is C17H34N2. The first-order valence-electron chi connectivity index (χ1n) is 8.58. The van der Waals surface area contributed by atoms with E-state index in [-0.39, 0.29) is 0 Å². The van der Waals surface area contributed by atoms with Crippen molar-refractivity contribution in [3.8, 4) is 0 Å². The van der Waals surface area contributed by atoms with Crippen LogP contribution in [0.25, 0.3) is 0 Å². The van der Waals surface area contributed by atoms with Crippen LogP contribution in [0.3, 0.4) is 0 Å². The third kappa shape index (κ3) is 4.46. The molecular weight excluding hydrogens is 232 g/mol. The van der Waals surface area contributed by atoms with Crippen LogP contribution in [0.4, 0.5) is 0 Å². The van der Waals surface area contributed by atoms with Gasteiger partial charge in [0, 0.05) is 19.1 Å². The van der Waals surface area contributed by atoms with Crippen LogP contribution in [0.5, 0.6) is 0 Å². The molecule has 0 aromatic rings. The van der Waals surface area contributed by atoms with Gasteiger partial charge in [-0.3, -0.25) is 0 Å². The quantitative estimate of drug-likeness (QED) is 0.758. The van der Waals surface area contributed by atoms with Crippen molar-refractivity contribution in [3.63, 3.8) is 0 Å². The summed E-state index contributed by atoms with van der Waals surface area (Å²) in [6, 6.07) is 0.761. The van der Waals surface area contributed by atoms with E-state index in [9.17, 15) is 0 Å². The lowest BCUT2D eigenvalue weighted by Gasteiger charge is -2.39. The number of rotatable bonds is 7. The first-order valence-corrected chi connectivity index (χ1v) is 8.58. The van der Waals surface area contributed by atoms with Gasteiger partial charge < -0.3 is 10.2 Å². The molecule has 0 heterocycles. The second kappa shape index (κ2) is 7.64. The zero-order valence-corrected chi connectivity index (χ0v) is 13.3. The molecule has 3 atom stereocenters. The average Bonchev–Trinajstić information content (AvgIpc) is 2.35. The number of hydrogen-bond donors (Lipinski definition) is 1. The molecule has 3 unspecified atom stereocenters. The Morgan fingerprint density at radius 1 is 1.05 bits per heavy atom. The third-order valence-electron chi connectivity index (χ3n) is 5.50. The summed E-state index contributed by atoms with van der Waals surface area (Å²) < 4.78 is 0. The van der Waals surface area contributed by atoms with Crippen molar-refractivity contribution < 1.29 is 0 Å². The van der Waals surface area contributed by atoms with Crippen molar-refractivity contribution in [1.29, 1.82) is 0 Å². The van der Waals surface area contributed by atoms with Crippen molar-refractivity contribution in [2.24, 2.45) is 17.8 Å². The molecule has 2 saturated carbocycles. The van der Waals surface area contributed by atoms with Gasteiger partial charge in [-0.05, 0) is 64.0 Å². The maximum Gasteiger partial charge on any atom is 0.0105 e. The molecule has 0 aliphatic heterocycles. The van der Waals surface area contributed by atoms with E-state index in [1.54, 1.807) is 0 Å². The molecule has 0 bridgehead atoms. The minimum absolute atomic E-state index is 0.761. The van der Waals surface area contributed by atoms with Gasteiger partial charge in [-0.15, -0.1) is 0 Å². The summed E-state index contributed by atoms with van der Waals surface area (Å²) in [7, 11) is 4.50. The van der Waals surface area contributed by atoms with E-state index in [1.165, 1.54) is 64.5 Å². The Kier molecular flexibility index (Phi) is 6.15. The van der Waals surface area contributed by atoms with Crippen LogP contribution in [0.2, 0.25) is 0 Å². The summed E-state index contributed by atoms with van der Waals surface area (Å²) in [5.74, 6) is 2.88. The van der Waals surface area contributed by atoms with Crippen LogP contribution in [0.1, 0.15) is 58.3 Å². The van der Waals surface area contributed by atoms with E-state index in [0.717, 1.165) is 23.8 Å². The predicted octanol–water partition coefficient (Wildman–Crippen LogP) is 3.52. The summed E-state index contributed by atoms with van der Waals surface area (Å²) in [5, 5.41) is 3.58. The lowest BCUT2D eigenvalue weighted by Crippen LogP contribution is -2.45. The van der Waals surface area contributed by atoms with Crippen LogP contribution in [-0.2, 0) is 0 Å². The molecule has 1 N–H and O–H groups in total. The van der Waals surface area contributed by atoms with Crippen molar-refractivity contribution in [3.05, 3.63) is 0 Å². The molecule has 0 spiro atoms. The fraction of sp³-hybridized carbons (Fsp3) is 1.00.